The molecular formula is C15H20F3NO3. The standard InChI is InChI=1S/C15H20F3NO3/c1-9(2)13(20)8-14(21)19-10(3)11-5-4-6-12(7-11)22-15(16,17)18/h4-7,9-10,13,20H,8H2,1-3H3,(H,19,21)/t10-,13?/m0/s1. The highest BCUT2D eigenvalue weighted by Gasteiger charge is 2.31. The summed E-state index contributed by atoms with van der Waals surface area (Å²) in [6.07, 6.45) is -5.57. The maximum absolute atomic E-state index is 12.2. The van der Waals surface area contributed by atoms with Crippen molar-refractivity contribution in [3.8, 4) is 5.75 Å². The van der Waals surface area contributed by atoms with E-state index in [0.717, 1.165) is 0 Å². The molecule has 2 atom stereocenters. The molecule has 0 spiro atoms. The smallest absolute Gasteiger partial charge is 0.406 e. The molecule has 0 saturated heterocycles. The molecule has 0 heterocycles. The number of ether oxygens (including phenoxy) is 1. The third kappa shape index (κ3) is 6.34. The molecule has 124 valence electrons. The molecule has 7 heteroatoms. The van der Waals surface area contributed by atoms with Crippen LogP contribution in [0.4, 0.5) is 13.2 Å². The van der Waals surface area contributed by atoms with Gasteiger partial charge in [0.2, 0.25) is 5.91 Å². The number of carbonyl (C=O) groups is 1. The predicted octanol–water partition coefficient (Wildman–Crippen LogP) is 3.17. The quantitative estimate of drug-likeness (QED) is 0.847. The summed E-state index contributed by atoms with van der Waals surface area (Å²) in [5, 5.41) is 12.3. The van der Waals surface area contributed by atoms with Crippen LogP contribution >= 0.6 is 0 Å². The molecule has 0 aliphatic heterocycles. The molecule has 1 rings (SSSR count). The van der Waals surface area contributed by atoms with Gasteiger partial charge in [-0.05, 0) is 30.5 Å². The van der Waals surface area contributed by atoms with Crippen molar-refractivity contribution in [3.05, 3.63) is 29.8 Å². The second kappa shape index (κ2) is 7.49. The van der Waals surface area contributed by atoms with E-state index in [-0.39, 0.29) is 24.0 Å². The molecule has 0 aromatic heterocycles. The second-order valence-corrected chi connectivity index (χ2v) is 5.42. The zero-order chi connectivity index (χ0) is 16.9. The van der Waals surface area contributed by atoms with Crippen LogP contribution in [0.1, 0.15) is 38.8 Å². The number of amides is 1. The molecule has 1 aromatic carbocycles. The van der Waals surface area contributed by atoms with E-state index in [1.807, 2.05) is 0 Å². The van der Waals surface area contributed by atoms with Crippen LogP contribution in [0, 0.1) is 5.92 Å². The number of alkyl halides is 3. The number of carbonyl (C=O) groups excluding carboxylic acids is 1. The fourth-order valence-electron chi connectivity index (χ4n) is 1.79. The SMILES string of the molecule is CC(C)C(O)CC(=O)N[C@@H](C)c1cccc(OC(F)(F)F)c1. The van der Waals surface area contributed by atoms with Crippen LogP contribution in [0.15, 0.2) is 24.3 Å². The summed E-state index contributed by atoms with van der Waals surface area (Å²) in [6.45, 7) is 5.23. The van der Waals surface area contributed by atoms with Crippen molar-refractivity contribution in [1.82, 2.24) is 5.32 Å². The Balaban J connectivity index is 2.67. The Labute approximate surface area is 127 Å². The van der Waals surface area contributed by atoms with Crippen molar-refractivity contribution in [2.24, 2.45) is 5.92 Å². The molecule has 1 amide bonds. The van der Waals surface area contributed by atoms with Gasteiger partial charge >= 0.3 is 6.36 Å². The largest absolute Gasteiger partial charge is 0.573 e. The first-order chi connectivity index (χ1) is 10.1. The van der Waals surface area contributed by atoms with Crippen molar-refractivity contribution in [2.45, 2.75) is 45.7 Å². The van der Waals surface area contributed by atoms with Crippen LogP contribution in [-0.2, 0) is 4.79 Å². The molecule has 0 fully saturated rings. The first-order valence-corrected chi connectivity index (χ1v) is 6.91. The highest BCUT2D eigenvalue weighted by atomic mass is 19.4. The molecule has 0 bridgehead atoms. The van der Waals surface area contributed by atoms with E-state index < -0.39 is 18.5 Å². The Morgan fingerprint density at radius 3 is 2.50 bits per heavy atom. The fourth-order valence-corrected chi connectivity index (χ4v) is 1.79. The van der Waals surface area contributed by atoms with E-state index in [1.165, 1.54) is 18.2 Å². The number of aliphatic hydroxyl groups is 1. The first-order valence-electron chi connectivity index (χ1n) is 6.91. The van der Waals surface area contributed by atoms with E-state index in [2.05, 4.69) is 10.1 Å². The average molecular weight is 319 g/mol. The molecular weight excluding hydrogens is 299 g/mol. The summed E-state index contributed by atoms with van der Waals surface area (Å²) in [5.74, 6) is -0.756. The van der Waals surface area contributed by atoms with Gasteiger partial charge in [0.05, 0.1) is 18.6 Å². The van der Waals surface area contributed by atoms with Crippen molar-refractivity contribution in [1.29, 1.82) is 0 Å². The molecule has 1 unspecified atom stereocenters. The van der Waals surface area contributed by atoms with Gasteiger partial charge in [-0.25, -0.2) is 0 Å². The van der Waals surface area contributed by atoms with E-state index >= 15 is 0 Å². The highest BCUT2D eigenvalue weighted by Crippen LogP contribution is 2.25. The molecule has 0 aliphatic rings. The number of halogens is 3. The summed E-state index contributed by atoms with van der Waals surface area (Å²) in [4.78, 5) is 11.8. The summed E-state index contributed by atoms with van der Waals surface area (Å²) in [6, 6.07) is 4.92. The van der Waals surface area contributed by atoms with Gasteiger partial charge in [0.15, 0.2) is 0 Å². The number of hydrogen-bond acceptors (Lipinski definition) is 3. The molecule has 1 aromatic rings. The molecule has 0 aliphatic carbocycles. The zero-order valence-corrected chi connectivity index (χ0v) is 12.6. The monoisotopic (exact) mass is 319 g/mol. The maximum Gasteiger partial charge on any atom is 0.573 e. The number of rotatable bonds is 6. The molecule has 4 nitrogen and oxygen atoms in total. The highest BCUT2D eigenvalue weighted by molar-refractivity contribution is 5.76. The number of nitrogens with one attached hydrogen (secondary N) is 1. The van der Waals surface area contributed by atoms with Gasteiger partial charge in [0.25, 0.3) is 0 Å². The lowest BCUT2D eigenvalue weighted by atomic mass is 10.0. The maximum atomic E-state index is 12.2. The van der Waals surface area contributed by atoms with Crippen molar-refractivity contribution in [2.75, 3.05) is 0 Å². The van der Waals surface area contributed by atoms with Crippen LogP contribution in [0.3, 0.4) is 0 Å². The van der Waals surface area contributed by atoms with Crippen LogP contribution in [-0.4, -0.2) is 23.5 Å². The Kier molecular flexibility index (Phi) is 6.22. The predicted molar refractivity (Wildman–Crippen MR) is 75.1 cm³/mol. The Bertz CT molecular complexity index is 503. The minimum Gasteiger partial charge on any atom is -0.406 e. The molecule has 0 radical (unpaired) electrons. The molecule has 0 saturated carbocycles. The number of hydrogen-bond donors (Lipinski definition) is 2. The van der Waals surface area contributed by atoms with Crippen molar-refractivity contribution < 1.29 is 27.8 Å². The molecule has 2 N–H and O–H groups in total. The third-order valence-electron chi connectivity index (χ3n) is 3.13. The van der Waals surface area contributed by atoms with Gasteiger partial charge in [-0.15, -0.1) is 13.2 Å². The summed E-state index contributed by atoms with van der Waals surface area (Å²) < 4.78 is 40.4. The first kappa shape index (κ1) is 18.3. The van der Waals surface area contributed by atoms with Gasteiger partial charge in [-0.2, -0.15) is 0 Å². The summed E-state index contributed by atoms with van der Waals surface area (Å²) in [5.41, 5.74) is 0.481. The zero-order valence-electron chi connectivity index (χ0n) is 12.6. The summed E-state index contributed by atoms with van der Waals surface area (Å²) >= 11 is 0. The van der Waals surface area contributed by atoms with E-state index in [1.54, 1.807) is 26.8 Å². The molecule has 22 heavy (non-hydrogen) atoms. The second-order valence-electron chi connectivity index (χ2n) is 5.42. The van der Waals surface area contributed by atoms with Crippen LogP contribution in [0.5, 0.6) is 5.75 Å². The number of benzene rings is 1. The minimum absolute atomic E-state index is 0.0513. The van der Waals surface area contributed by atoms with Crippen molar-refractivity contribution in [3.63, 3.8) is 0 Å². The Morgan fingerprint density at radius 1 is 1.32 bits per heavy atom. The van der Waals surface area contributed by atoms with E-state index in [0.29, 0.717) is 5.56 Å². The van der Waals surface area contributed by atoms with Crippen LogP contribution in [0.2, 0.25) is 0 Å². The normalized spacial score (nSPS) is 14.5. The fraction of sp³-hybridized carbons (Fsp3) is 0.533. The van der Waals surface area contributed by atoms with Gasteiger partial charge in [-0.1, -0.05) is 26.0 Å². The van der Waals surface area contributed by atoms with Gasteiger partial charge in [0.1, 0.15) is 5.75 Å². The van der Waals surface area contributed by atoms with Gasteiger partial charge in [-0.3, -0.25) is 4.79 Å². The lowest BCUT2D eigenvalue weighted by molar-refractivity contribution is -0.274. The lowest BCUT2D eigenvalue weighted by Gasteiger charge is -2.18. The van der Waals surface area contributed by atoms with Crippen LogP contribution < -0.4 is 10.1 Å². The average Bonchev–Trinajstić information content (AvgIpc) is 2.36. The third-order valence-corrected chi connectivity index (χ3v) is 3.13. The lowest BCUT2D eigenvalue weighted by Crippen LogP contribution is -2.31. The Morgan fingerprint density at radius 2 is 1.95 bits per heavy atom. The van der Waals surface area contributed by atoms with Gasteiger partial charge < -0.3 is 15.2 Å². The number of aliphatic hydroxyl groups excluding tert-OH is 1. The summed E-state index contributed by atoms with van der Waals surface area (Å²) in [7, 11) is 0. The van der Waals surface area contributed by atoms with E-state index in [4.69, 9.17) is 0 Å². The van der Waals surface area contributed by atoms with Crippen LogP contribution in [0.25, 0.3) is 0 Å². The van der Waals surface area contributed by atoms with E-state index in [9.17, 15) is 23.1 Å². The van der Waals surface area contributed by atoms with Crippen molar-refractivity contribution >= 4 is 5.91 Å². The topological polar surface area (TPSA) is 58.6 Å². The Hall–Kier alpha value is -1.76. The minimum atomic E-state index is -4.76. The van der Waals surface area contributed by atoms with Gasteiger partial charge in [0, 0.05) is 0 Å².